The van der Waals surface area contributed by atoms with Crippen LogP contribution in [0, 0.1) is 0 Å². The highest BCUT2D eigenvalue weighted by molar-refractivity contribution is 5.92. The summed E-state index contributed by atoms with van der Waals surface area (Å²) >= 11 is 0. The lowest BCUT2D eigenvalue weighted by molar-refractivity contribution is -0.119. The van der Waals surface area contributed by atoms with Crippen molar-refractivity contribution in [3.8, 4) is 11.5 Å². The van der Waals surface area contributed by atoms with Gasteiger partial charge in [-0.15, -0.1) is 0 Å². The van der Waals surface area contributed by atoms with Crippen molar-refractivity contribution in [2.24, 2.45) is 0 Å². The van der Waals surface area contributed by atoms with Gasteiger partial charge in [-0.3, -0.25) is 4.79 Å². The summed E-state index contributed by atoms with van der Waals surface area (Å²) in [5, 5.41) is 0. The zero-order chi connectivity index (χ0) is 11.8. The van der Waals surface area contributed by atoms with Crippen LogP contribution in [0.1, 0.15) is 25.3 Å². The number of benzene rings is 1. The molecule has 86 valence electrons. The highest BCUT2D eigenvalue weighted by Gasteiger charge is 2.50. The van der Waals surface area contributed by atoms with Gasteiger partial charge >= 0.3 is 0 Å². The minimum Gasteiger partial charge on any atom is -0.497 e. The number of ether oxygens (including phenoxy) is 2. The van der Waals surface area contributed by atoms with Crippen LogP contribution in [0.2, 0.25) is 0 Å². The molecule has 1 aromatic rings. The summed E-state index contributed by atoms with van der Waals surface area (Å²) in [6.45, 7) is 1.64. The molecule has 0 aliphatic heterocycles. The lowest BCUT2D eigenvalue weighted by Crippen LogP contribution is -2.18. The third kappa shape index (κ3) is 1.56. The number of rotatable bonds is 4. The number of Topliss-reactive ketones (excluding diaryl/α,β-unsaturated/α-hetero) is 1. The third-order valence-corrected chi connectivity index (χ3v) is 3.35. The van der Waals surface area contributed by atoms with Crippen LogP contribution in [0.5, 0.6) is 11.5 Å². The Morgan fingerprint density at radius 1 is 1.25 bits per heavy atom. The Labute approximate surface area is 95.4 Å². The number of carbonyl (C=O) groups is 1. The minimum absolute atomic E-state index is 0.207. The first kappa shape index (κ1) is 11.0. The second-order valence-corrected chi connectivity index (χ2v) is 4.20. The van der Waals surface area contributed by atoms with Gasteiger partial charge in [0.2, 0.25) is 0 Å². The van der Waals surface area contributed by atoms with Gasteiger partial charge < -0.3 is 9.47 Å². The lowest BCUT2D eigenvalue weighted by Gasteiger charge is -2.17. The normalized spacial score (nSPS) is 16.7. The summed E-state index contributed by atoms with van der Waals surface area (Å²) in [4.78, 5) is 11.7. The van der Waals surface area contributed by atoms with Gasteiger partial charge in [-0.2, -0.15) is 0 Å². The monoisotopic (exact) mass is 220 g/mol. The molecule has 1 aromatic carbocycles. The SMILES string of the molecule is COc1ccc(OC)c(C2(C(C)=O)CC2)c1. The van der Waals surface area contributed by atoms with Crippen LogP contribution in [0.3, 0.4) is 0 Å². The largest absolute Gasteiger partial charge is 0.497 e. The van der Waals surface area contributed by atoms with Crippen molar-refractivity contribution < 1.29 is 14.3 Å². The molecule has 0 heterocycles. The summed E-state index contributed by atoms with van der Waals surface area (Å²) in [6.07, 6.45) is 1.82. The minimum atomic E-state index is -0.320. The molecule has 0 N–H and O–H groups in total. The fourth-order valence-corrected chi connectivity index (χ4v) is 2.12. The molecule has 0 unspecified atom stereocenters. The van der Waals surface area contributed by atoms with E-state index in [1.54, 1.807) is 21.1 Å². The number of methoxy groups -OCH3 is 2. The molecule has 16 heavy (non-hydrogen) atoms. The van der Waals surface area contributed by atoms with E-state index in [-0.39, 0.29) is 11.2 Å². The Hall–Kier alpha value is -1.51. The highest BCUT2D eigenvalue weighted by Crippen LogP contribution is 2.52. The van der Waals surface area contributed by atoms with Gasteiger partial charge in [0.25, 0.3) is 0 Å². The van der Waals surface area contributed by atoms with Crippen molar-refractivity contribution in [1.82, 2.24) is 0 Å². The molecule has 1 saturated carbocycles. The van der Waals surface area contributed by atoms with Gasteiger partial charge in [0.05, 0.1) is 19.6 Å². The molecule has 1 aliphatic carbocycles. The van der Waals surface area contributed by atoms with Gasteiger partial charge in [0, 0.05) is 5.56 Å². The molecule has 0 radical (unpaired) electrons. The first-order valence-corrected chi connectivity index (χ1v) is 5.37. The van der Waals surface area contributed by atoms with E-state index >= 15 is 0 Å². The number of hydrogen-bond donors (Lipinski definition) is 0. The molecular weight excluding hydrogens is 204 g/mol. The first-order valence-electron chi connectivity index (χ1n) is 5.37. The van der Waals surface area contributed by atoms with E-state index in [0.717, 1.165) is 29.9 Å². The Bertz CT molecular complexity index is 419. The molecule has 0 amide bonds. The van der Waals surface area contributed by atoms with Crippen LogP contribution in [0.4, 0.5) is 0 Å². The number of ketones is 1. The van der Waals surface area contributed by atoms with Crippen molar-refractivity contribution >= 4 is 5.78 Å². The van der Waals surface area contributed by atoms with E-state index < -0.39 is 0 Å². The standard InChI is InChI=1S/C13H16O3/c1-9(14)13(6-7-13)11-8-10(15-2)4-5-12(11)16-3/h4-5,8H,6-7H2,1-3H3. The number of hydrogen-bond acceptors (Lipinski definition) is 3. The van der Waals surface area contributed by atoms with Gasteiger partial charge in [-0.25, -0.2) is 0 Å². The topological polar surface area (TPSA) is 35.5 Å². The van der Waals surface area contributed by atoms with E-state index in [4.69, 9.17) is 9.47 Å². The van der Waals surface area contributed by atoms with Crippen LogP contribution in [0.15, 0.2) is 18.2 Å². The smallest absolute Gasteiger partial charge is 0.140 e. The van der Waals surface area contributed by atoms with Crippen LogP contribution < -0.4 is 9.47 Å². The summed E-state index contributed by atoms with van der Waals surface area (Å²) in [5.41, 5.74) is 0.640. The average molecular weight is 220 g/mol. The Morgan fingerprint density at radius 3 is 2.38 bits per heavy atom. The molecule has 0 aromatic heterocycles. The molecular formula is C13H16O3. The lowest BCUT2D eigenvalue weighted by atomic mass is 9.91. The zero-order valence-electron chi connectivity index (χ0n) is 9.87. The van der Waals surface area contributed by atoms with E-state index in [1.165, 1.54) is 0 Å². The highest BCUT2D eigenvalue weighted by atomic mass is 16.5. The molecule has 3 heteroatoms. The number of carbonyl (C=O) groups excluding carboxylic acids is 1. The van der Waals surface area contributed by atoms with Crippen LogP contribution >= 0.6 is 0 Å². The molecule has 3 nitrogen and oxygen atoms in total. The molecule has 2 rings (SSSR count). The van der Waals surface area contributed by atoms with Gasteiger partial charge in [0.15, 0.2) is 0 Å². The van der Waals surface area contributed by atoms with Crippen molar-refractivity contribution in [3.63, 3.8) is 0 Å². The third-order valence-electron chi connectivity index (χ3n) is 3.35. The van der Waals surface area contributed by atoms with E-state index in [2.05, 4.69) is 0 Å². The van der Waals surface area contributed by atoms with E-state index in [1.807, 2.05) is 18.2 Å². The maximum atomic E-state index is 11.7. The quantitative estimate of drug-likeness (QED) is 0.781. The Balaban J connectivity index is 2.49. The zero-order valence-corrected chi connectivity index (χ0v) is 9.87. The van der Waals surface area contributed by atoms with E-state index in [0.29, 0.717) is 0 Å². The molecule has 0 spiro atoms. The van der Waals surface area contributed by atoms with Crippen molar-refractivity contribution in [1.29, 1.82) is 0 Å². The molecule has 0 bridgehead atoms. The van der Waals surface area contributed by atoms with Crippen LogP contribution in [-0.2, 0) is 10.2 Å². The van der Waals surface area contributed by atoms with Crippen molar-refractivity contribution in [2.75, 3.05) is 14.2 Å². The predicted octanol–water partition coefficient (Wildman–Crippen LogP) is 2.32. The summed E-state index contributed by atoms with van der Waals surface area (Å²) in [7, 11) is 3.25. The Kier molecular flexibility index (Phi) is 2.62. The second kappa shape index (κ2) is 3.81. The maximum absolute atomic E-state index is 11.7. The summed E-state index contributed by atoms with van der Waals surface area (Å²) in [5.74, 6) is 1.75. The molecule has 1 fully saturated rings. The fourth-order valence-electron chi connectivity index (χ4n) is 2.12. The predicted molar refractivity (Wildman–Crippen MR) is 61.1 cm³/mol. The van der Waals surface area contributed by atoms with E-state index in [9.17, 15) is 4.79 Å². The molecule has 0 atom stereocenters. The average Bonchev–Trinajstić information content (AvgIpc) is 3.09. The molecule has 0 saturated heterocycles. The fraction of sp³-hybridized carbons (Fsp3) is 0.462. The van der Waals surface area contributed by atoms with Crippen molar-refractivity contribution in [3.05, 3.63) is 23.8 Å². The van der Waals surface area contributed by atoms with Gasteiger partial charge in [-0.05, 0) is 38.0 Å². The second-order valence-electron chi connectivity index (χ2n) is 4.20. The van der Waals surface area contributed by atoms with Gasteiger partial charge in [-0.1, -0.05) is 0 Å². The first-order chi connectivity index (χ1) is 7.64. The Morgan fingerprint density at radius 2 is 1.94 bits per heavy atom. The van der Waals surface area contributed by atoms with Gasteiger partial charge in [0.1, 0.15) is 17.3 Å². The maximum Gasteiger partial charge on any atom is 0.140 e. The van der Waals surface area contributed by atoms with Crippen molar-refractivity contribution in [2.45, 2.75) is 25.2 Å². The van der Waals surface area contributed by atoms with Crippen LogP contribution in [0.25, 0.3) is 0 Å². The molecule has 1 aliphatic rings. The van der Waals surface area contributed by atoms with Crippen LogP contribution in [-0.4, -0.2) is 20.0 Å². The summed E-state index contributed by atoms with van der Waals surface area (Å²) < 4.78 is 10.5. The summed E-state index contributed by atoms with van der Waals surface area (Å²) in [6, 6.07) is 5.61.